The van der Waals surface area contributed by atoms with E-state index in [1.54, 1.807) is 11.8 Å². The van der Waals surface area contributed by atoms with Crippen molar-refractivity contribution in [3.8, 4) is 0 Å². The first-order valence-corrected chi connectivity index (χ1v) is 9.17. The number of carbonyl (C=O) groups is 1. The highest BCUT2D eigenvalue weighted by atomic mass is 35.5. The largest absolute Gasteiger partial charge is 0.352 e. The van der Waals surface area contributed by atoms with E-state index in [1.165, 1.54) is 25.7 Å². The van der Waals surface area contributed by atoms with Crippen molar-refractivity contribution in [1.82, 2.24) is 5.32 Å². The van der Waals surface area contributed by atoms with Gasteiger partial charge in [-0.2, -0.15) is 0 Å². The highest BCUT2D eigenvalue weighted by molar-refractivity contribution is 8.00. The Morgan fingerprint density at radius 1 is 1.24 bits per heavy atom. The molecule has 4 heteroatoms. The predicted molar refractivity (Wildman–Crippen MR) is 91.0 cm³/mol. The van der Waals surface area contributed by atoms with Gasteiger partial charge in [0.25, 0.3) is 0 Å². The normalized spacial score (nSPS) is 18.0. The van der Waals surface area contributed by atoms with Crippen molar-refractivity contribution in [3.63, 3.8) is 0 Å². The summed E-state index contributed by atoms with van der Waals surface area (Å²) in [6.45, 7) is 2.07. The molecule has 0 aliphatic heterocycles. The van der Waals surface area contributed by atoms with Crippen LogP contribution in [0.25, 0.3) is 0 Å². The monoisotopic (exact) mass is 325 g/mol. The van der Waals surface area contributed by atoms with Gasteiger partial charge in [-0.05, 0) is 43.5 Å². The number of thioether (sulfide) groups is 1. The second-order valence-electron chi connectivity index (χ2n) is 5.67. The van der Waals surface area contributed by atoms with E-state index in [9.17, 15) is 4.79 Å². The van der Waals surface area contributed by atoms with E-state index in [2.05, 4.69) is 12.2 Å². The van der Waals surface area contributed by atoms with E-state index < -0.39 is 0 Å². The van der Waals surface area contributed by atoms with Gasteiger partial charge in [0.15, 0.2) is 0 Å². The van der Waals surface area contributed by atoms with Crippen LogP contribution in [0.5, 0.6) is 0 Å². The Labute approximate surface area is 137 Å². The lowest BCUT2D eigenvalue weighted by Gasteiger charge is -2.20. The number of rotatable bonds is 5. The third-order valence-corrected chi connectivity index (χ3v) is 5.58. The molecule has 0 heterocycles. The van der Waals surface area contributed by atoms with Crippen LogP contribution in [-0.2, 0) is 4.79 Å². The molecule has 0 spiro atoms. The molecule has 1 N–H and O–H groups in total. The molecule has 1 aromatic carbocycles. The average Bonchev–Trinajstić information content (AvgIpc) is 2.75. The number of nitrogens with one attached hydrogen (secondary N) is 1. The van der Waals surface area contributed by atoms with Gasteiger partial charge in [-0.25, -0.2) is 0 Å². The van der Waals surface area contributed by atoms with E-state index in [4.69, 9.17) is 11.6 Å². The number of hydrogen-bond acceptors (Lipinski definition) is 2. The molecular weight excluding hydrogens is 302 g/mol. The molecule has 1 atom stereocenters. The highest BCUT2D eigenvalue weighted by Gasteiger charge is 2.21. The lowest BCUT2D eigenvalue weighted by molar-refractivity contribution is -0.121. The fourth-order valence-corrected chi connectivity index (χ4v) is 3.81. The molecular formula is C17H24ClNOS. The van der Waals surface area contributed by atoms with E-state index in [1.807, 2.05) is 24.3 Å². The topological polar surface area (TPSA) is 29.1 Å². The maximum atomic E-state index is 12.5. The number of hydrogen-bond donors (Lipinski definition) is 1. The first-order valence-electron chi connectivity index (χ1n) is 7.91. The second-order valence-corrected chi connectivity index (χ2v) is 7.38. The first kappa shape index (κ1) is 16.7. The van der Waals surface area contributed by atoms with Crippen LogP contribution in [0.15, 0.2) is 29.2 Å². The van der Waals surface area contributed by atoms with Gasteiger partial charge in [0, 0.05) is 16.0 Å². The number of amides is 1. The van der Waals surface area contributed by atoms with Gasteiger partial charge in [-0.15, -0.1) is 11.8 Å². The Bertz CT molecular complexity index is 441. The molecule has 2 nitrogen and oxygen atoms in total. The van der Waals surface area contributed by atoms with E-state index >= 15 is 0 Å². The van der Waals surface area contributed by atoms with Gasteiger partial charge < -0.3 is 5.32 Å². The molecule has 1 aliphatic carbocycles. The third kappa shape index (κ3) is 5.55. The van der Waals surface area contributed by atoms with Crippen molar-refractivity contribution in [2.24, 2.45) is 0 Å². The van der Waals surface area contributed by atoms with Gasteiger partial charge in [0.2, 0.25) is 5.91 Å². The van der Waals surface area contributed by atoms with Crippen LogP contribution >= 0.6 is 23.4 Å². The van der Waals surface area contributed by atoms with E-state index in [-0.39, 0.29) is 11.2 Å². The molecule has 0 radical (unpaired) electrons. The molecule has 0 aromatic heterocycles. The van der Waals surface area contributed by atoms with Crippen LogP contribution in [-0.4, -0.2) is 17.2 Å². The summed E-state index contributed by atoms with van der Waals surface area (Å²) in [5.74, 6) is 0.185. The molecule has 1 fully saturated rings. The Balaban J connectivity index is 1.89. The summed E-state index contributed by atoms with van der Waals surface area (Å²) in [5.41, 5.74) is 0. The van der Waals surface area contributed by atoms with Gasteiger partial charge in [-0.1, -0.05) is 44.2 Å². The van der Waals surface area contributed by atoms with Gasteiger partial charge in [0.05, 0.1) is 5.25 Å². The Morgan fingerprint density at radius 2 is 1.86 bits per heavy atom. The van der Waals surface area contributed by atoms with Gasteiger partial charge in [0.1, 0.15) is 0 Å². The van der Waals surface area contributed by atoms with Crippen LogP contribution in [0, 0.1) is 0 Å². The predicted octanol–water partition coefficient (Wildman–Crippen LogP) is 5.05. The lowest BCUT2D eigenvalue weighted by atomic mass is 10.1. The number of carbonyl (C=O) groups excluding carboxylic acids is 1. The molecule has 0 bridgehead atoms. The molecule has 116 valence electrons. The van der Waals surface area contributed by atoms with Crippen molar-refractivity contribution in [1.29, 1.82) is 0 Å². The molecule has 21 heavy (non-hydrogen) atoms. The summed E-state index contributed by atoms with van der Waals surface area (Å²) in [4.78, 5) is 13.6. The average molecular weight is 326 g/mol. The van der Waals surface area contributed by atoms with Gasteiger partial charge >= 0.3 is 0 Å². The van der Waals surface area contributed by atoms with Crippen molar-refractivity contribution < 1.29 is 4.79 Å². The first-order chi connectivity index (χ1) is 10.2. The summed E-state index contributed by atoms with van der Waals surface area (Å²) < 4.78 is 0. The quantitative estimate of drug-likeness (QED) is 0.606. The molecule has 2 rings (SSSR count). The van der Waals surface area contributed by atoms with Crippen LogP contribution in [0.4, 0.5) is 0 Å². The molecule has 1 saturated carbocycles. The smallest absolute Gasteiger partial charge is 0.233 e. The summed E-state index contributed by atoms with van der Waals surface area (Å²) >= 11 is 7.53. The molecule has 1 amide bonds. The van der Waals surface area contributed by atoms with E-state index in [0.717, 1.165) is 29.2 Å². The molecule has 1 aromatic rings. The van der Waals surface area contributed by atoms with Crippen LogP contribution in [0.1, 0.15) is 51.9 Å². The third-order valence-electron chi connectivity index (χ3n) is 3.96. The van der Waals surface area contributed by atoms with Crippen LogP contribution in [0.2, 0.25) is 5.02 Å². The standard InChI is InChI=1S/C17H24ClNOS/c1-2-16(21-15-11-9-13(18)10-12-15)17(20)19-14-7-5-3-4-6-8-14/h9-12,14,16H,2-8H2,1H3,(H,19,20)/t16-/m1/s1. The summed E-state index contributed by atoms with van der Waals surface area (Å²) in [7, 11) is 0. The molecule has 0 saturated heterocycles. The fourth-order valence-electron chi connectivity index (χ4n) is 2.72. The van der Waals surface area contributed by atoms with Gasteiger partial charge in [-0.3, -0.25) is 4.79 Å². The SMILES string of the molecule is CC[C@@H](Sc1ccc(Cl)cc1)C(=O)NC1CCCCCC1. The summed E-state index contributed by atoms with van der Waals surface area (Å²) in [6, 6.07) is 8.09. The Kier molecular flexibility index (Phi) is 6.91. The van der Waals surface area contributed by atoms with E-state index in [0.29, 0.717) is 6.04 Å². The van der Waals surface area contributed by atoms with Crippen molar-refractivity contribution in [3.05, 3.63) is 29.3 Å². The van der Waals surface area contributed by atoms with Crippen LogP contribution in [0.3, 0.4) is 0 Å². The Hall–Kier alpha value is -0.670. The minimum atomic E-state index is -0.0190. The summed E-state index contributed by atoms with van der Waals surface area (Å²) in [6.07, 6.45) is 8.21. The number of halogens is 1. The summed E-state index contributed by atoms with van der Waals surface area (Å²) in [5, 5.41) is 3.97. The fraction of sp³-hybridized carbons (Fsp3) is 0.588. The zero-order valence-corrected chi connectivity index (χ0v) is 14.2. The molecule has 0 unspecified atom stereocenters. The van der Waals surface area contributed by atoms with Crippen molar-refractivity contribution in [2.75, 3.05) is 0 Å². The number of benzene rings is 1. The lowest BCUT2D eigenvalue weighted by Crippen LogP contribution is -2.39. The Morgan fingerprint density at radius 3 is 2.43 bits per heavy atom. The highest BCUT2D eigenvalue weighted by Crippen LogP contribution is 2.27. The van der Waals surface area contributed by atoms with Crippen molar-refractivity contribution in [2.45, 2.75) is 68.1 Å². The zero-order chi connectivity index (χ0) is 15.1. The minimum absolute atomic E-state index is 0.0190. The van der Waals surface area contributed by atoms with Crippen molar-refractivity contribution >= 4 is 29.3 Å². The molecule has 1 aliphatic rings. The second kappa shape index (κ2) is 8.70. The minimum Gasteiger partial charge on any atom is -0.352 e. The zero-order valence-electron chi connectivity index (χ0n) is 12.6. The maximum Gasteiger partial charge on any atom is 0.233 e. The maximum absolute atomic E-state index is 12.5. The van der Waals surface area contributed by atoms with Crippen LogP contribution < -0.4 is 5.32 Å².